The molecule has 0 spiro atoms. The van der Waals surface area contributed by atoms with Gasteiger partial charge in [-0.05, 0) is 36.8 Å². The van der Waals surface area contributed by atoms with E-state index in [1.54, 1.807) is 6.07 Å². The van der Waals surface area contributed by atoms with Crippen LogP contribution < -0.4 is 5.32 Å². The summed E-state index contributed by atoms with van der Waals surface area (Å²) in [6.45, 7) is 0.105. The molecular formula is C18H16N4O4S. The van der Waals surface area contributed by atoms with Crippen molar-refractivity contribution in [2.45, 2.75) is 11.4 Å². The number of hydrogen-bond donors (Lipinski definition) is 3. The normalized spacial score (nSPS) is 10.5. The largest absolute Gasteiger partial charge is 0.478 e. The molecule has 8 nitrogen and oxygen atoms in total. The molecule has 0 aliphatic rings. The van der Waals surface area contributed by atoms with Crippen LogP contribution in [0.25, 0.3) is 0 Å². The van der Waals surface area contributed by atoms with Gasteiger partial charge in [-0.2, -0.15) is 5.26 Å². The van der Waals surface area contributed by atoms with E-state index in [2.05, 4.69) is 15.5 Å². The Labute approximate surface area is 159 Å². The number of rotatable bonds is 8. The molecular weight excluding hydrogens is 368 g/mol. The number of benzene rings is 1. The van der Waals surface area contributed by atoms with Crippen LogP contribution in [0.3, 0.4) is 0 Å². The molecule has 0 bridgehead atoms. The molecule has 0 aliphatic heterocycles. The zero-order valence-corrected chi connectivity index (χ0v) is 14.9. The topological polar surface area (TPSA) is 136 Å². The fourth-order valence-corrected chi connectivity index (χ4v) is 2.66. The number of aliphatic hydroxyl groups excluding tert-OH is 1. The Hall–Kier alpha value is -3.22. The summed E-state index contributed by atoms with van der Waals surface area (Å²) in [7, 11) is 0. The van der Waals surface area contributed by atoms with E-state index < -0.39 is 11.9 Å². The fraction of sp³-hybridized carbons (Fsp3) is 0.167. The lowest BCUT2D eigenvalue weighted by Crippen LogP contribution is -2.16. The third-order valence-electron chi connectivity index (χ3n) is 3.29. The van der Waals surface area contributed by atoms with Crippen molar-refractivity contribution in [2.75, 3.05) is 17.7 Å². The van der Waals surface area contributed by atoms with Gasteiger partial charge in [-0.15, -0.1) is 22.0 Å². The molecule has 1 aromatic heterocycles. The molecule has 138 valence electrons. The molecule has 0 fully saturated rings. The Morgan fingerprint density at radius 3 is 2.67 bits per heavy atom. The molecule has 9 heteroatoms. The Morgan fingerprint density at radius 1 is 1.22 bits per heavy atom. The van der Waals surface area contributed by atoms with Crippen LogP contribution in [0.15, 0.2) is 47.5 Å². The van der Waals surface area contributed by atoms with E-state index in [1.165, 1.54) is 36.0 Å². The predicted molar refractivity (Wildman–Crippen MR) is 99.7 cm³/mol. The van der Waals surface area contributed by atoms with E-state index in [0.717, 1.165) is 0 Å². The number of nitrogens with one attached hydrogen (secondary N) is 1. The summed E-state index contributed by atoms with van der Waals surface area (Å²) in [6, 6.07) is 8.95. The average molecular weight is 384 g/mol. The van der Waals surface area contributed by atoms with Crippen molar-refractivity contribution in [3.63, 3.8) is 0 Å². The average Bonchev–Trinajstić information content (AvgIpc) is 2.68. The van der Waals surface area contributed by atoms with Crippen LogP contribution in [0.5, 0.6) is 0 Å². The third kappa shape index (κ3) is 5.91. The number of carbonyl (C=O) groups is 2. The highest BCUT2D eigenvalue weighted by molar-refractivity contribution is 7.99. The van der Waals surface area contributed by atoms with Crippen molar-refractivity contribution >= 4 is 29.3 Å². The van der Waals surface area contributed by atoms with Crippen LogP contribution in [0.1, 0.15) is 32.8 Å². The summed E-state index contributed by atoms with van der Waals surface area (Å²) in [6.07, 6.45) is 4.36. The number of aromatic carboxylic acids is 1. The van der Waals surface area contributed by atoms with Gasteiger partial charge in [-0.3, -0.25) is 4.79 Å². The molecule has 27 heavy (non-hydrogen) atoms. The van der Waals surface area contributed by atoms with E-state index in [-0.39, 0.29) is 29.1 Å². The summed E-state index contributed by atoms with van der Waals surface area (Å²) in [5.74, 6) is -1.20. The smallest absolute Gasteiger partial charge is 0.337 e. The summed E-state index contributed by atoms with van der Waals surface area (Å²) >= 11 is 1.42. The summed E-state index contributed by atoms with van der Waals surface area (Å²) in [4.78, 5) is 23.6. The number of anilines is 1. The molecule has 0 aliphatic carbocycles. The molecule has 1 amide bonds. The minimum Gasteiger partial charge on any atom is -0.478 e. The summed E-state index contributed by atoms with van der Waals surface area (Å²) in [5.41, 5.74) is 0.105. The van der Waals surface area contributed by atoms with Crippen LogP contribution in [-0.4, -0.2) is 44.6 Å². The molecule has 0 saturated carbocycles. The van der Waals surface area contributed by atoms with Crippen LogP contribution in [0.2, 0.25) is 0 Å². The van der Waals surface area contributed by atoms with Crippen LogP contribution in [-0.2, 0) is 0 Å². The van der Waals surface area contributed by atoms with Gasteiger partial charge in [0.1, 0.15) is 5.03 Å². The second-order valence-corrected chi connectivity index (χ2v) is 6.22. The van der Waals surface area contributed by atoms with Crippen molar-refractivity contribution < 1.29 is 19.8 Å². The number of nitriles is 1. The molecule has 0 radical (unpaired) electrons. The lowest BCUT2D eigenvalue weighted by molar-refractivity contribution is 0.0698. The van der Waals surface area contributed by atoms with E-state index >= 15 is 0 Å². The number of carbonyl (C=O) groups excluding carboxylic acids is 1. The molecule has 0 unspecified atom stereocenters. The van der Waals surface area contributed by atoms with Gasteiger partial charge in [0.2, 0.25) is 0 Å². The van der Waals surface area contributed by atoms with Crippen molar-refractivity contribution in [2.24, 2.45) is 0 Å². The van der Waals surface area contributed by atoms with Crippen LogP contribution >= 0.6 is 11.8 Å². The number of carboxylic acid groups (broad SMARTS) is 1. The van der Waals surface area contributed by atoms with E-state index in [9.17, 15) is 14.7 Å². The summed E-state index contributed by atoms with van der Waals surface area (Å²) < 4.78 is 0. The van der Waals surface area contributed by atoms with Crippen molar-refractivity contribution in [1.29, 1.82) is 5.26 Å². The lowest BCUT2D eigenvalue weighted by atomic mass is 10.1. The SMILES string of the molecule is N#Cc1ccc(NC(=O)c2ccc(SCC=CCCO)nn2)c(C(=O)O)c1. The monoisotopic (exact) mass is 384 g/mol. The summed E-state index contributed by atoms with van der Waals surface area (Å²) in [5, 5.41) is 37.7. The lowest BCUT2D eigenvalue weighted by Gasteiger charge is -2.08. The number of thioether (sulfide) groups is 1. The van der Waals surface area contributed by atoms with Crippen molar-refractivity contribution in [3.8, 4) is 6.07 Å². The number of amides is 1. The highest BCUT2D eigenvalue weighted by Gasteiger charge is 2.15. The molecule has 0 atom stereocenters. The molecule has 1 aromatic carbocycles. The van der Waals surface area contributed by atoms with Gasteiger partial charge in [0.15, 0.2) is 5.69 Å². The molecule has 2 aromatic rings. The second-order valence-electron chi connectivity index (χ2n) is 5.18. The van der Waals surface area contributed by atoms with Gasteiger partial charge in [-0.25, -0.2) is 4.79 Å². The third-order valence-corrected chi connectivity index (χ3v) is 4.16. The first-order valence-corrected chi connectivity index (χ1v) is 8.85. The predicted octanol–water partition coefficient (Wildman–Crippen LogP) is 2.33. The highest BCUT2D eigenvalue weighted by Crippen LogP contribution is 2.19. The quantitative estimate of drug-likeness (QED) is 0.466. The van der Waals surface area contributed by atoms with Crippen LogP contribution in [0, 0.1) is 11.3 Å². The first kappa shape index (κ1) is 20.1. The number of aromatic nitrogens is 2. The van der Waals surface area contributed by atoms with E-state index in [1.807, 2.05) is 18.2 Å². The molecule has 1 heterocycles. The number of carboxylic acids is 1. The maximum Gasteiger partial charge on any atom is 0.337 e. The Kier molecular flexibility index (Phi) is 7.49. The van der Waals surface area contributed by atoms with Gasteiger partial charge in [0.25, 0.3) is 5.91 Å². The zero-order valence-electron chi connectivity index (χ0n) is 14.1. The van der Waals surface area contributed by atoms with Gasteiger partial charge < -0.3 is 15.5 Å². The number of hydrogen-bond acceptors (Lipinski definition) is 7. The van der Waals surface area contributed by atoms with Gasteiger partial charge in [-0.1, -0.05) is 12.2 Å². The zero-order chi connectivity index (χ0) is 19.6. The van der Waals surface area contributed by atoms with Crippen LogP contribution in [0.4, 0.5) is 5.69 Å². The van der Waals surface area contributed by atoms with E-state index in [4.69, 9.17) is 10.4 Å². The van der Waals surface area contributed by atoms with Gasteiger partial charge >= 0.3 is 5.97 Å². The Morgan fingerprint density at radius 2 is 2.04 bits per heavy atom. The number of nitrogens with zero attached hydrogens (tertiary/aromatic N) is 3. The maximum absolute atomic E-state index is 12.3. The Balaban J connectivity index is 2.04. The van der Waals surface area contributed by atoms with Gasteiger partial charge in [0, 0.05) is 12.4 Å². The van der Waals surface area contributed by atoms with Crippen molar-refractivity contribution in [3.05, 3.63) is 59.3 Å². The molecule has 0 saturated heterocycles. The maximum atomic E-state index is 12.3. The van der Waals surface area contributed by atoms with Crippen molar-refractivity contribution in [1.82, 2.24) is 10.2 Å². The fourth-order valence-electron chi connectivity index (χ4n) is 2.00. The van der Waals surface area contributed by atoms with Gasteiger partial charge in [0.05, 0.1) is 22.9 Å². The minimum atomic E-state index is -1.26. The van der Waals surface area contributed by atoms with E-state index in [0.29, 0.717) is 17.2 Å². The Bertz CT molecular complexity index is 891. The standard InChI is InChI=1S/C18H16N4O4S/c19-11-12-4-5-14(13(10-12)18(25)26)20-17(24)15-6-7-16(22-21-15)27-9-3-1-2-8-23/h1,3-7,10,23H,2,8-9H2,(H,20,24)(H,25,26). The molecule has 3 N–H and O–H groups in total. The second kappa shape index (κ2) is 10.1. The first-order chi connectivity index (χ1) is 13.0. The highest BCUT2D eigenvalue weighted by atomic mass is 32.2. The minimum absolute atomic E-state index is 0.0378. The first-order valence-electron chi connectivity index (χ1n) is 7.86. The molecule has 2 rings (SSSR count). The number of aliphatic hydroxyl groups is 1.